The summed E-state index contributed by atoms with van der Waals surface area (Å²) in [5.41, 5.74) is 0.747. The zero-order valence-corrected chi connectivity index (χ0v) is 22.0. The Morgan fingerprint density at radius 3 is 2.31 bits per heavy atom. The molecule has 0 aromatic heterocycles. The van der Waals surface area contributed by atoms with Crippen LogP contribution in [-0.2, 0) is 14.8 Å². The molecule has 0 heterocycles. The normalized spacial score (nSPS) is 14.6. The first-order valence-corrected chi connectivity index (χ1v) is 14.1. The number of carboxylic acids is 1. The van der Waals surface area contributed by atoms with E-state index < -0.39 is 22.5 Å². The first kappa shape index (κ1) is 26.5. The minimum atomic E-state index is -4.29. The Kier molecular flexibility index (Phi) is 8.23. The maximum absolute atomic E-state index is 13.4. The van der Waals surface area contributed by atoms with Crippen LogP contribution < -0.4 is 4.31 Å². The van der Waals surface area contributed by atoms with Crippen LogP contribution in [0, 0.1) is 5.92 Å². The number of Topliss-reactive ketones (excluding diaryl/α,β-unsaturated/α-hetero) is 1. The predicted molar refractivity (Wildman–Crippen MR) is 143 cm³/mol. The van der Waals surface area contributed by atoms with Crippen LogP contribution in [-0.4, -0.2) is 31.8 Å². The number of carbonyl (C=O) groups excluding carboxylic acids is 1. The van der Waals surface area contributed by atoms with Crippen molar-refractivity contribution in [1.29, 1.82) is 0 Å². The van der Waals surface area contributed by atoms with Crippen molar-refractivity contribution in [3.8, 4) is 0 Å². The van der Waals surface area contributed by atoms with Crippen molar-refractivity contribution in [2.24, 2.45) is 5.92 Å². The molecule has 190 valence electrons. The second kappa shape index (κ2) is 11.2. The lowest BCUT2D eigenvalue weighted by atomic mass is 9.85. The van der Waals surface area contributed by atoms with Crippen LogP contribution in [0.15, 0.2) is 59.5 Å². The summed E-state index contributed by atoms with van der Waals surface area (Å²) in [5.74, 6) is -0.667. The molecule has 1 fully saturated rings. The van der Waals surface area contributed by atoms with Crippen LogP contribution in [0.25, 0.3) is 10.8 Å². The van der Waals surface area contributed by atoms with Gasteiger partial charge in [-0.2, -0.15) is 0 Å². The number of benzene rings is 3. The molecular formula is C27H27Cl2NO5S. The van der Waals surface area contributed by atoms with Gasteiger partial charge < -0.3 is 5.11 Å². The van der Waals surface area contributed by atoms with Crippen molar-refractivity contribution in [2.75, 3.05) is 10.8 Å². The van der Waals surface area contributed by atoms with Gasteiger partial charge in [-0.1, -0.05) is 79.6 Å². The molecule has 1 aliphatic rings. The lowest BCUT2D eigenvalue weighted by Gasteiger charge is -2.23. The summed E-state index contributed by atoms with van der Waals surface area (Å²) >= 11 is 12.0. The maximum atomic E-state index is 13.4. The molecule has 0 unspecified atom stereocenters. The third kappa shape index (κ3) is 6.02. The molecule has 0 atom stereocenters. The topological polar surface area (TPSA) is 91.8 Å². The number of sulfonamides is 1. The molecule has 3 aromatic carbocycles. The molecule has 0 radical (unpaired) electrons. The molecule has 6 nitrogen and oxygen atoms in total. The van der Waals surface area contributed by atoms with Crippen molar-refractivity contribution in [3.63, 3.8) is 0 Å². The van der Waals surface area contributed by atoms with E-state index in [1.165, 1.54) is 56.4 Å². The van der Waals surface area contributed by atoms with Gasteiger partial charge in [0.1, 0.15) is 6.54 Å². The standard InChI is InChI=1S/C27H27Cl2NO5S/c28-20-14-21(29)16-23(15-20)36(34,35)30(17-27(32)33)22-10-11-24-19(13-22)7-4-8-25(24)26(31)12-9-18-5-2-1-3-6-18/h4,7-8,10-11,13-16,18H,1-3,5-6,9,12,17H2,(H,32,33). The van der Waals surface area contributed by atoms with E-state index in [9.17, 15) is 23.1 Å². The Morgan fingerprint density at radius 1 is 0.944 bits per heavy atom. The molecule has 36 heavy (non-hydrogen) atoms. The number of hydrogen-bond acceptors (Lipinski definition) is 4. The summed E-state index contributed by atoms with van der Waals surface area (Å²) < 4.78 is 27.6. The smallest absolute Gasteiger partial charge is 0.324 e. The lowest BCUT2D eigenvalue weighted by Crippen LogP contribution is -2.35. The number of rotatable bonds is 9. The summed E-state index contributed by atoms with van der Waals surface area (Å²) in [4.78, 5) is 24.5. The molecule has 0 amide bonds. The molecule has 0 spiro atoms. The molecular weight excluding hydrogens is 521 g/mol. The lowest BCUT2D eigenvalue weighted by molar-refractivity contribution is -0.135. The average Bonchev–Trinajstić information content (AvgIpc) is 2.85. The number of halogens is 2. The van der Waals surface area contributed by atoms with Gasteiger partial charge in [0.05, 0.1) is 10.6 Å². The Labute approximate surface area is 220 Å². The summed E-state index contributed by atoms with van der Waals surface area (Å²) in [6.45, 7) is -0.794. The summed E-state index contributed by atoms with van der Waals surface area (Å²) in [5, 5.41) is 11.0. The van der Waals surface area contributed by atoms with E-state index in [4.69, 9.17) is 23.2 Å². The van der Waals surface area contributed by atoms with Crippen LogP contribution in [0.2, 0.25) is 10.0 Å². The number of anilines is 1. The van der Waals surface area contributed by atoms with E-state index in [1.54, 1.807) is 30.3 Å². The minimum Gasteiger partial charge on any atom is -0.480 e. The van der Waals surface area contributed by atoms with E-state index in [0.717, 1.165) is 10.7 Å². The van der Waals surface area contributed by atoms with Crippen molar-refractivity contribution in [2.45, 2.75) is 49.8 Å². The number of ketones is 1. The number of carbonyl (C=O) groups is 2. The highest BCUT2D eigenvalue weighted by atomic mass is 35.5. The first-order chi connectivity index (χ1) is 17.1. The van der Waals surface area contributed by atoms with Gasteiger partial charge in [0.25, 0.3) is 10.0 Å². The zero-order valence-electron chi connectivity index (χ0n) is 19.6. The predicted octanol–water partition coefficient (Wildman–Crippen LogP) is 6.97. The van der Waals surface area contributed by atoms with Crippen LogP contribution in [0.5, 0.6) is 0 Å². The van der Waals surface area contributed by atoms with E-state index >= 15 is 0 Å². The minimum absolute atomic E-state index is 0.0579. The number of nitrogens with zero attached hydrogens (tertiary/aromatic N) is 1. The first-order valence-electron chi connectivity index (χ1n) is 11.9. The number of fused-ring (bicyclic) bond motifs is 1. The van der Waals surface area contributed by atoms with E-state index in [1.807, 2.05) is 0 Å². The molecule has 9 heteroatoms. The highest BCUT2D eigenvalue weighted by molar-refractivity contribution is 7.92. The molecule has 4 rings (SSSR count). The average molecular weight is 548 g/mol. The Morgan fingerprint density at radius 2 is 1.64 bits per heavy atom. The number of carboxylic acid groups (broad SMARTS) is 1. The second-order valence-electron chi connectivity index (χ2n) is 9.19. The van der Waals surface area contributed by atoms with E-state index in [0.29, 0.717) is 28.7 Å². The molecule has 3 aromatic rings. The van der Waals surface area contributed by atoms with Gasteiger partial charge in [-0.3, -0.25) is 13.9 Å². The third-order valence-corrected chi connectivity index (χ3v) is 8.85. The fraction of sp³-hybridized carbons (Fsp3) is 0.333. The molecule has 1 aliphatic carbocycles. The third-order valence-electron chi connectivity index (χ3n) is 6.66. The Hall–Kier alpha value is -2.61. The number of hydrogen-bond donors (Lipinski definition) is 1. The highest BCUT2D eigenvalue weighted by Gasteiger charge is 2.28. The maximum Gasteiger partial charge on any atom is 0.324 e. The van der Waals surface area contributed by atoms with Crippen LogP contribution in [0.3, 0.4) is 0 Å². The van der Waals surface area contributed by atoms with Crippen LogP contribution >= 0.6 is 23.2 Å². The largest absolute Gasteiger partial charge is 0.480 e. The van der Waals surface area contributed by atoms with Crippen LogP contribution in [0.4, 0.5) is 5.69 Å². The Bertz CT molecular complexity index is 1380. The van der Waals surface area contributed by atoms with Crippen molar-refractivity contribution < 1.29 is 23.1 Å². The molecule has 1 N–H and O–H groups in total. The van der Waals surface area contributed by atoms with Gasteiger partial charge in [0.15, 0.2) is 5.78 Å². The highest BCUT2D eigenvalue weighted by Crippen LogP contribution is 2.32. The molecule has 0 aliphatic heterocycles. The Balaban J connectivity index is 1.67. The molecule has 1 saturated carbocycles. The van der Waals surface area contributed by atoms with Crippen molar-refractivity contribution >= 4 is 61.4 Å². The van der Waals surface area contributed by atoms with E-state index in [-0.39, 0.29) is 26.4 Å². The molecule has 0 saturated heterocycles. The van der Waals surface area contributed by atoms with Crippen molar-refractivity contribution in [1.82, 2.24) is 0 Å². The summed E-state index contributed by atoms with van der Waals surface area (Å²) in [6.07, 6.45) is 7.44. The molecule has 0 bridgehead atoms. The fourth-order valence-corrected chi connectivity index (χ4v) is 6.99. The van der Waals surface area contributed by atoms with Crippen LogP contribution in [0.1, 0.15) is 55.3 Å². The van der Waals surface area contributed by atoms with Gasteiger partial charge in [0.2, 0.25) is 0 Å². The van der Waals surface area contributed by atoms with Gasteiger partial charge >= 0.3 is 5.97 Å². The van der Waals surface area contributed by atoms with Gasteiger partial charge in [-0.15, -0.1) is 0 Å². The van der Waals surface area contributed by atoms with Gasteiger partial charge in [-0.05, 0) is 53.4 Å². The second-order valence-corrected chi connectivity index (χ2v) is 11.9. The van der Waals surface area contributed by atoms with E-state index in [2.05, 4.69) is 0 Å². The zero-order chi connectivity index (χ0) is 25.9. The number of aliphatic carboxylic acids is 1. The van der Waals surface area contributed by atoms with Gasteiger partial charge in [-0.25, -0.2) is 8.42 Å². The summed E-state index contributed by atoms with van der Waals surface area (Å²) in [7, 11) is -4.29. The SMILES string of the molecule is O=C(O)CN(c1ccc2c(C(=O)CCC3CCCCC3)cccc2c1)S(=O)(=O)c1cc(Cl)cc(Cl)c1. The van der Waals surface area contributed by atoms with Crippen molar-refractivity contribution in [3.05, 3.63) is 70.2 Å². The summed E-state index contributed by atoms with van der Waals surface area (Å²) in [6, 6.07) is 13.9. The monoisotopic (exact) mass is 547 g/mol. The quantitative estimate of drug-likeness (QED) is 0.292. The fourth-order valence-electron chi connectivity index (χ4n) is 4.86. The van der Waals surface area contributed by atoms with Gasteiger partial charge in [0, 0.05) is 22.0 Å².